The normalized spacial score (nSPS) is 11.4. The van der Waals surface area contributed by atoms with Gasteiger partial charge < -0.3 is 0 Å². The summed E-state index contributed by atoms with van der Waals surface area (Å²) < 4.78 is 0. The number of hydrogen-bond donors (Lipinski definition) is 0. The Balaban J connectivity index is 1.88. The third-order valence-electron chi connectivity index (χ3n) is 3.99. The van der Waals surface area contributed by atoms with E-state index < -0.39 is 0 Å². The summed E-state index contributed by atoms with van der Waals surface area (Å²) in [6, 6.07) is 16.0. The van der Waals surface area contributed by atoms with Gasteiger partial charge in [0.25, 0.3) is 0 Å². The molecule has 2 aromatic rings. The fourth-order valence-corrected chi connectivity index (χ4v) is 2.22. The van der Waals surface area contributed by atoms with Gasteiger partial charge in [-0.3, -0.25) is 10.0 Å². The van der Waals surface area contributed by atoms with Gasteiger partial charge >= 0.3 is 0 Å². The molecule has 0 N–H and O–H groups in total. The number of hydrogen-bond acceptors (Lipinski definition) is 4. The van der Waals surface area contributed by atoms with Crippen molar-refractivity contribution < 1.29 is 0 Å². The van der Waals surface area contributed by atoms with Gasteiger partial charge in [-0.15, -0.1) is 10.2 Å². The van der Waals surface area contributed by atoms with Gasteiger partial charge in [-0.1, -0.05) is 45.8 Å². The van der Waals surface area contributed by atoms with E-state index >= 15 is 0 Å². The van der Waals surface area contributed by atoms with Crippen molar-refractivity contribution in [3.05, 3.63) is 59.7 Å². The predicted octanol–water partition coefficient (Wildman–Crippen LogP) is 5.64. The van der Waals surface area contributed by atoms with Crippen LogP contribution in [0.4, 0.5) is 11.4 Å². The summed E-state index contributed by atoms with van der Waals surface area (Å²) in [6.07, 6.45) is 0. The Hall–Kier alpha value is -2.76. The van der Waals surface area contributed by atoms with Gasteiger partial charge in [-0.25, -0.2) is 0 Å². The van der Waals surface area contributed by atoms with Crippen LogP contribution in [0.3, 0.4) is 0 Å². The Morgan fingerprint density at radius 2 is 0.962 bits per heavy atom. The number of aryl methyl sites for hydroxylation is 2. The fraction of sp³-hybridized carbons (Fsp3) is 0.400. The van der Waals surface area contributed by atoms with Gasteiger partial charge in [0.05, 0.1) is 24.5 Å². The maximum absolute atomic E-state index is 4.34. The molecule has 2 rings (SSSR count). The van der Waals surface area contributed by atoms with Crippen LogP contribution in [0, 0.1) is 13.8 Å². The second kappa shape index (κ2) is 10.3. The number of likely N-dealkylation sites (N-methyl/N-ethyl adjacent to an activating group) is 2. The average Bonchev–Trinajstić information content (AvgIpc) is 2.66. The minimum absolute atomic E-state index is 0.743. The van der Waals surface area contributed by atoms with E-state index in [9.17, 15) is 0 Å². The Morgan fingerprint density at radius 3 is 1.27 bits per heavy atom. The SMILES string of the molecule is CCN(CCN(CC)N=Nc1ccc(C)cc1)N=Nc1ccc(C)cc1. The molecular formula is C20H28N6. The first-order valence-corrected chi connectivity index (χ1v) is 9.07. The van der Waals surface area contributed by atoms with Gasteiger partial charge in [0, 0.05) is 13.1 Å². The van der Waals surface area contributed by atoms with E-state index in [2.05, 4.69) is 48.4 Å². The molecule has 0 heterocycles. The highest BCUT2D eigenvalue weighted by atomic mass is 15.6. The van der Waals surface area contributed by atoms with Crippen LogP contribution in [0.2, 0.25) is 0 Å². The molecule has 0 fully saturated rings. The Kier molecular flexibility index (Phi) is 7.74. The van der Waals surface area contributed by atoms with E-state index in [1.165, 1.54) is 11.1 Å². The monoisotopic (exact) mass is 352 g/mol. The van der Waals surface area contributed by atoms with Crippen LogP contribution in [-0.4, -0.2) is 36.2 Å². The van der Waals surface area contributed by atoms with Crippen molar-refractivity contribution in [1.82, 2.24) is 10.0 Å². The molecular weight excluding hydrogens is 324 g/mol. The maximum Gasteiger partial charge on any atom is 0.0874 e. The number of rotatable bonds is 9. The van der Waals surface area contributed by atoms with Gasteiger partial charge in [-0.05, 0) is 52.0 Å². The molecule has 0 aliphatic carbocycles. The lowest BCUT2D eigenvalue weighted by Gasteiger charge is -2.20. The molecule has 6 nitrogen and oxygen atoms in total. The molecule has 0 spiro atoms. The summed E-state index contributed by atoms with van der Waals surface area (Å²) in [5.41, 5.74) is 4.16. The molecule has 0 aromatic heterocycles. The summed E-state index contributed by atoms with van der Waals surface area (Å²) >= 11 is 0. The summed E-state index contributed by atoms with van der Waals surface area (Å²) in [7, 11) is 0. The fourth-order valence-electron chi connectivity index (χ4n) is 2.22. The molecule has 0 atom stereocenters. The smallest absolute Gasteiger partial charge is 0.0874 e. The van der Waals surface area contributed by atoms with Gasteiger partial charge in [0.15, 0.2) is 0 Å². The van der Waals surface area contributed by atoms with E-state index in [1.807, 2.05) is 58.5 Å². The van der Waals surface area contributed by atoms with Gasteiger partial charge in [0.1, 0.15) is 0 Å². The Labute approximate surface area is 156 Å². The lowest BCUT2D eigenvalue weighted by molar-refractivity contribution is 0.209. The van der Waals surface area contributed by atoms with Crippen molar-refractivity contribution in [2.75, 3.05) is 26.2 Å². The summed E-state index contributed by atoms with van der Waals surface area (Å²) in [5, 5.41) is 21.1. The summed E-state index contributed by atoms with van der Waals surface area (Å²) in [5.74, 6) is 0. The lowest BCUT2D eigenvalue weighted by Crippen LogP contribution is -2.29. The Bertz CT molecular complexity index is 643. The average molecular weight is 352 g/mol. The summed E-state index contributed by atoms with van der Waals surface area (Å²) in [6.45, 7) is 11.3. The second-order valence-electron chi connectivity index (χ2n) is 6.14. The first kappa shape index (κ1) is 19.6. The van der Waals surface area contributed by atoms with Crippen molar-refractivity contribution in [3.8, 4) is 0 Å². The molecule has 138 valence electrons. The highest BCUT2D eigenvalue weighted by Crippen LogP contribution is 2.14. The largest absolute Gasteiger partial charge is 0.277 e. The van der Waals surface area contributed by atoms with Crippen molar-refractivity contribution in [2.45, 2.75) is 27.7 Å². The van der Waals surface area contributed by atoms with Crippen molar-refractivity contribution >= 4 is 11.4 Å². The number of benzene rings is 2. The highest BCUT2D eigenvalue weighted by Gasteiger charge is 2.03. The van der Waals surface area contributed by atoms with Crippen LogP contribution in [0.25, 0.3) is 0 Å². The van der Waals surface area contributed by atoms with Crippen LogP contribution in [-0.2, 0) is 0 Å². The lowest BCUT2D eigenvalue weighted by atomic mass is 10.2. The third kappa shape index (κ3) is 6.63. The summed E-state index contributed by atoms with van der Waals surface area (Å²) in [4.78, 5) is 0. The minimum Gasteiger partial charge on any atom is -0.277 e. The second-order valence-corrected chi connectivity index (χ2v) is 6.14. The highest BCUT2D eigenvalue weighted by molar-refractivity contribution is 5.38. The molecule has 0 saturated heterocycles. The third-order valence-corrected chi connectivity index (χ3v) is 3.99. The van der Waals surface area contributed by atoms with Crippen LogP contribution in [0.5, 0.6) is 0 Å². The van der Waals surface area contributed by atoms with Crippen LogP contribution >= 0.6 is 0 Å². The number of nitrogens with zero attached hydrogens (tertiary/aromatic N) is 6. The zero-order valence-electron chi connectivity index (χ0n) is 16.1. The zero-order chi connectivity index (χ0) is 18.8. The maximum atomic E-state index is 4.34. The van der Waals surface area contributed by atoms with Crippen molar-refractivity contribution in [1.29, 1.82) is 0 Å². The molecule has 0 aliphatic heterocycles. The van der Waals surface area contributed by atoms with E-state index in [1.54, 1.807) is 0 Å². The molecule has 0 amide bonds. The quantitative estimate of drug-likeness (QED) is 0.433. The molecule has 2 aromatic carbocycles. The molecule has 0 aliphatic rings. The molecule has 26 heavy (non-hydrogen) atoms. The van der Waals surface area contributed by atoms with Crippen LogP contribution < -0.4 is 0 Å². The molecule has 6 heteroatoms. The van der Waals surface area contributed by atoms with E-state index in [0.717, 1.165) is 37.6 Å². The molecule has 0 bridgehead atoms. The van der Waals surface area contributed by atoms with Gasteiger partial charge in [-0.2, -0.15) is 0 Å². The zero-order valence-corrected chi connectivity index (χ0v) is 16.1. The van der Waals surface area contributed by atoms with Crippen LogP contribution in [0.15, 0.2) is 69.2 Å². The first-order chi connectivity index (χ1) is 12.6. The van der Waals surface area contributed by atoms with E-state index in [-0.39, 0.29) is 0 Å². The Morgan fingerprint density at radius 1 is 0.615 bits per heavy atom. The predicted molar refractivity (Wildman–Crippen MR) is 106 cm³/mol. The van der Waals surface area contributed by atoms with Crippen molar-refractivity contribution in [2.24, 2.45) is 20.7 Å². The van der Waals surface area contributed by atoms with E-state index in [0.29, 0.717) is 0 Å². The topological polar surface area (TPSA) is 55.9 Å². The van der Waals surface area contributed by atoms with Crippen LogP contribution in [0.1, 0.15) is 25.0 Å². The minimum atomic E-state index is 0.743. The first-order valence-electron chi connectivity index (χ1n) is 9.07. The molecule has 0 unspecified atom stereocenters. The van der Waals surface area contributed by atoms with Crippen molar-refractivity contribution in [3.63, 3.8) is 0 Å². The molecule has 0 radical (unpaired) electrons. The standard InChI is InChI=1S/C20H28N6/c1-5-25(23-21-19-11-7-17(3)8-12-19)15-16-26(6-2)24-22-20-13-9-18(4)10-14-20/h7-14H,5-6,15-16H2,1-4H3. The van der Waals surface area contributed by atoms with E-state index in [4.69, 9.17) is 0 Å². The van der Waals surface area contributed by atoms with Gasteiger partial charge in [0.2, 0.25) is 0 Å². The molecule has 0 saturated carbocycles.